The van der Waals surface area contributed by atoms with Gasteiger partial charge in [0.05, 0.1) is 6.10 Å². The summed E-state index contributed by atoms with van der Waals surface area (Å²) < 4.78 is 0. The smallest absolute Gasteiger partial charge is 0.0757 e. The van der Waals surface area contributed by atoms with Crippen molar-refractivity contribution in [1.29, 1.82) is 0 Å². The van der Waals surface area contributed by atoms with Gasteiger partial charge in [-0.3, -0.25) is 0 Å². The van der Waals surface area contributed by atoms with Gasteiger partial charge in [0.25, 0.3) is 0 Å². The van der Waals surface area contributed by atoms with Gasteiger partial charge >= 0.3 is 0 Å². The average Bonchev–Trinajstić information content (AvgIpc) is 2.37. The number of aliphatic hydroxyl groups excluding tert-OH is 1. The van der Waals surface area contributed by atoms with Gasteiger partial charge in [0, 0.05) is 0 Å². The number of hydrogen-bond acceptors (Lipinski definition) is 1. The minimum absolute atomic E-state index is 0.331. The molecular weight excluding hydrogens is 256 g/mol. The van der Waals surface area contributed by atoms with Gasteiger partial charge in [-0.15, -0.1) is 0 Å². The lowest BCUT2D eigenvalue weighted by molar-refractivity contribution is 0.107. The lowest BCUT2D eigenvalue weighted by Crippen LogP contribution is -2.25. The summed E-state index contributed by atoms with van der Waals surface area (Å²) in [5, 5.41) is 10.6. The zero-order valence-corrected chi connectivity index (χ0v) is 14.4. The summed E-state index contributed by atoms with van der Waals surface area (Å²) in [4.78, 5) is 0. The molecule has 1 nitrogen and oxygen atoms in total. The molecule has 0 heterocycles. The molecule has 0 aromatic heterocycles. The minimum atomic E-state index is -0.331. The third-order valence-corrected chi connectivity index (χ3v) is 4.39. The third kappa shape index (κ3) is 6.95. The number of hydrogen-bond donors (Lipinski definition) is 1. The maximum absolute atomic E-state index is 10.6. The first kappa shape index (κ1) is 18.0. The molecule has 0 spiro atoms. The van der Waals surface area contributed by atoms with E-state index in [-0.39, 0.29) is 6.10 Å². The van der Waals surface area contributed by atoms with Gasteiger partial charge in [-0.25, -0.2) is 0 Å². The van der Waals surface area contributed by atoms with Crippen LogP contribution in [0.15, 0.2) is 47.1 Å². The number of aliphatic hydroxyl groups is 1. The topological polar surface area (TPSA) is 20.2 Å². The van der Waals surface area contributed by atoms with Crippen molar-refractivity contribution in [3.8, 4) is 0 Å². The molecule has 1 N–H and O–H groups in total. The summed E-state index contributed by atoms with van der Waals surface area (Å²) in [6, 6.07) is 0. The first-order chi connectivity index (χ1) is 9.90. The first-order valence-electron chi connectivity index (χ1n) is 8.24. The molecule has 118 valence electrons. The Labute approximate surface area is 131 Å². The summed E-state index contributed by atoms with van der Waals surface area (Å²) in [5.74, 6) is 0.885. The molecule has 0 bridgehead atoms. The van der Waals surface area contributed by atoms with Crippen molar-refractivity contribution in [3.63, 3.8) is 0 Å². The quantitative estimate of drug-likeness (QED) is 0.669. The third-order valence-electron chi connectivity index (χ3n) is 4.39. The maximum Gasteiger partial charge on any atom is 0.0757 e. The zero-order chi connectivity index (χ0) is 15.8. The van der Waals surface area contributed by atoms with E-state index in [0.717, 1.165) is 31.3 Å². The van der Waals surface area contributed by atoms with E-state index in [9.17, 15) is 5.11 Å². The fraction of sp³-hybridized carbons (Fsp3) is 0.600. The Kier molecular flexibility index (Phi) is 7.74. The highest BCUT2D eigenvalue weighted by molar-refractivity contribution is 5.24. The van der Waals surface area contributed by atoms with Crippen molar-refractivity contribution in [2.45, 2.75) is 66.4 Å². The second-order valence-corrected chi connectivity index (χ2v) is 6.81. The maximum atomic E-state index is 10.6. The molecule has 0 aromatic carbocycles. The van der Waals surface area contributed by atoms with Crippen LogP contribution in [-0.2, 0) is 0 Å². The van der Waals surface area contributed by atoms with Gasteiger partial charge < -0.3 is 5.11 Å². The Balaban J connectivity index is 2.79. The molecule has 0 radical (unpaired) electrons. The molecule has 21 heavy (non-hydrogen) atoms. The molecule has 0 saturated carbocycles. The number of allylic oxidation sites excluding steroid dienone is 7. The van der Waals surface area contributed by atoms with Crippen molar-refractivity contribution in [1.82, 2.24) is 0 Å². The fourth-order valence-corrected chi connectivity index (χ4v) is 2.93. The van der Waals surface area contributed by atoms with Gasteiger partial charge in [0.15, 0.2) is 0 Å². The molecule has 3 atom stereocenters. The normalized spacial score (nSPS) is 24.9. The van der Waals surface area contributed by atoms with Crippen LogP contribution in [0.4, 0.5) is 0 Å². The molecule has 0 fully saturated rings. The highest BCUT2D eigenvalue weighted by atomic mass is 16.3. The van der Waals surface area contributed by atoms with Crippen molar-refractivity contribution in [3.05, 3.63) is 47.1 Å². The van der Waals surface area contributed by atoms with Crippen molar-refractivity contribution >= 4 is 0 Å². The second kappa shape index (κ2) is 9.04. The Morgan fingerprint density at radius 3 is 2.76 bits per heavy atom. The largest absolute Gasteiger partial charge is 0.389 e. The highest BCUT2D eigenvalue weighted by Crippen LogP contribution is 2.29. The van der Waals surface area contributed by atoms with E-state index in [1.807, 2.05) is 6.08 Å². The number of rotatable bonds is 4. The molecule has 0 saturated heterocycles. The average molecular weight is 288 g/mol. The molecule has 3 unspecified atom stereocenters. The van der Waals surface area contributed by atoms with Gasteiger partial charge in [-0.05, 0) is 65.2 Å². The summed E-state index contributed by atoms with van der Waals surface area (Å²) in [6.07, 6.45) is 14.8. The lowest BCUT2D eigenvalue weighted by atomic mass is 9.80. The standard InChI is InChI=1S/C20H32O/c1-15(2)8-6-11-18(5)19-13-12-16(3)9-7-10-17(4)14-20(19)21/h7-10,14,18-21H,6,11-13H2,1-5H3. The lowest BCUT2D eigenvalue weighted by Gasteiger charge is -2.28. The second-order valence-electron chi connectivity index (χ2n) is 6.81. The van der Waals surface area contributed by atoms with Crippen LogP contribution in [0.3, 0.4) is 0 Å². The van der Waals surface area contributed by atoms with Crippen LogP contribution >= 0.6 is 0 Å². The van der Waals surface area contributed by atoms with Crippen LogP contribution in [0, 0.1) is 11.8 Å². The summed E-state index contributed by atoms with van der Waals surface area (Å²) in [5.41, 5.74) is 3.93. The molecule has 1 aliphatic rings. The van der Waals surface area contributed by atoms with Crippen LogP contribution in [0.5, 0.6) is 0 Å². The molecule has 0 aliphatic heterocycles. The monoisotopic (exact) mass is 288 g/mol. The van der Waals surface area contributed by atoms with Gasteiger partial charge in [0.2, 0.25) is 0 Å². The van der Waals surface area contributed by atoms with Crippen LogP contribution in [-0.4, -0.2) is 11.2 Å². The van der Waals surface area contributed by atoms with Crippen molar-refractivity contribution in [2.75, 3.05) is 0 Å². The highest BCUT2D eigenvalue weighted by Gasteiger charge is 2.23. The molecule has 1 heteroatoms. The van der Waals surface area contributed by atoms with E-state index in [1.54, 1.807) is 0 Å². The molecule has 0 amide bonds. The SMILES string of the molecule is CC(C)=CCCC(C)C1CCC(C)=CC=CC(C)=CC1O. The summed E-state index contributed by atoms with van der Waals surface area (Å²) in [7, 11) is 0. The Morgan fingerprint density at radius 1 is 1.38 bits per heavy atom. The molecule has 1 rings (SSSR count). The minimum Gasteiger partial charge on any atom is -0.389 e. The van der Waals surface area contributed by atoms with Crippen LogP contribution < -0.4 is 0 Å². The van der Waals surface area contributed by atoms with Gasteiger partial charge in [-0.2, -0.15) is 0 Å². The van der Waals surface area contributed by atoms with Gasteiger partial charge in [-0.1, -0.05) is 54.0 Å². The van der Waals surface area contributed by atoms with E-state index >= 15 is 0 Å². The first-order valence-corrected chi connectivity index (χ1v) is 8.24. The predicted molar refractivity (Wildman–Crippen MR) is 93.2 cm³/mol. The van der Waals surface area contributed by atoms with Crippen molar-refractivity contribution in [2.24, 2.45) is 11.8 Å². The zero-order valence-electron chi connectivity index (χ0n) is 14.4. The Bertz CT molecular complexity index is 433. The van der Waals surface area contributed by atoms with Crippen LogP contribution in [0.2, 0.25) is 0 Å². The van der Waals surface area contributed by atoms with Crippen LogP contribution in [0.1, 0.15) is 60.3 Å². The Morgan fingerprint density at radius 2 is 2.10 bits per heavy atom. The molecule has 0 aromatic rings. The van der Waals surface area contributed by atoms with Gasteiger partial charge in [0.1, 0.15) is 0 Å². The van der Waals surface area contributed by atoms with Crippen LogP contribution in [0.25, 0.3) is 0 Å². The van der Waals surface area contributed by atoms with E-state index in [1.165, 1.54) is 11.1 Å². The van der Waals surface area contributed by atoms with E-state index in [4.69, 9.17) is 0 Å². The summed E-state index contributed by atoms with van der Waals surface area (Å²) in [6.45, 7) is 10.8. The fourth-order valence-electron chi connectivity index (χ4n) is 2.93. The van der Waals surface area contributed by atoms with E-state index < -0.39 is 0 Å². The Hall–Kier alpha value is -1.08. The molecule has 1 aliphatic carbocycles. The predicted octanol–water partition coefficient (Wildman–Crippen LogP) is 5.59. The summed E-state index contributed by atoms with van der Waals surface area (Å²) >= 11 is 0. The molecular formula is C20H32O. The van der Waals surface area contributed by atoms with E-state index in [2.05, 4.69) is 58.9 Å². The van der Waals surface area contributed by atoms with E-state index in [0.29, 0.717) is 11.8 Å². The van der Waals surface area contributed by atoms with Crippen molar-refractivity contribution < 1.29 is 5.11 Å².